The van der Waals surface area contributed by atoms with E-state index in [1.165, 1.54) is 0 Å². The second kappa shape index (κ2) is 7.68. The van der Waals surface area contributed by atoms with Crippen LogP contribution in [0.2, 0.25) is 5.02 Å². The quantitative estimate of drug-likeness (QED) is 0.782. The molecule has 1 saturated heterocycles. The number of carbonyl (C=O) groups is 1. The van der Waals surface area contributed by atoms with E-state index in [0.29, 0.717) is 29.3 Å². The molecule has 0 aromatic heterocycles. The van der Waals surface area contributed by atoms with Gasteiger partial charge in [0.2, 0.25) is 0 Å². The molecule has 1 atom stereocenters. The van der Waals surface area contributed by atoms with Crippen molar-refractivity contribution in [3.63, 3.8) is 0 Å². The number of methoxy groups -OCH3 is 1. The molecule has 3 rings (SSSR count). The van der Waals surface area contributed by atoms with Crippen molar-refractivity contribution in [3.8, 4) is 5.75 Å². The van der Waals surface area contributed by atoms with Gasteiger partial charge in [-0.1, -0.05) is 23.7 Å². The van der Waals surface area contributed by atoms with Gasteiger partial charge < -0.3 is 9.64 Å². The van der Waals surface area contributed by atoms with Crippen molar-refractivity contribution in [1.82, 2.24) is 4.90 Å². The Morgan fingerprint density at radius 3 is 2.35 bits per heavy atom. The summed E-state index contributed by atoms with van der Waals surface area (Å²) in [6.45, 7) is 0.336. The van der Waals surface area contributed by atoms with Crippen molar-refractivity contribution in [3.05, 3.63) is 64.7 Å². The van der Waals surface area contributed by atoms with E-state index in [9.17, 15) is 13.2 Å². The van der Waals surface area contributed by atoms with Gasteiger partial charge >= 0.3 is 0 Å². The van der Waals surface area contributed by atoms with E-state index < -0.39 is 9.84 Å². The van der Waals surface area contributed by atoms with Gasteiger partial charge in [-0.15, -0.1) is 0 Å². The van der Waals surface area contributed by atoms with Gasteiger partial charge in [-0.25, -0.2) is 8.42 Å². The summed E-state index contributed by atoms with van der Waals surface area (Å²) < 4.78 is 29.0. The molecule has 138 valence electrons. The molecule has 0 unspecified atom stereocenters. The first-order valence-corrected chi connectivity index (χ1v) is 10.5. The minimum absolute atomic E-state index is 0.00246. The molecule has 2 aromatic carbocycles. The largest absolute Gasteiger partial charge is 0.497 e. The first-order valence-electron chi connectivity index (χ1n) is 8.28. The molecule has 7 heteroatoms. The number of ether oxygens (including phenoxy) is 1. The van der Waals surface area contributed by atoms with Crippen LogP contribution in [-0.4, -0.2) is 43.9 Å². The fourth-order valence-corrected chi connectivity index (χ4v) is 4.93. The lowest BCUT2D eigenvalue weighted by molar-refractivity contribution is 0.0681. The summed E-state index contributed by atoms with van der Waals surface area (Å²) in [5.74, 6) is 0.589. The number of halogens is 1. The Morgan fingerprint density at radius 2 is 1.81 bits per heavy atom. The van der Waals surface area contributed by atoms with Crippen molar-refractivity contribution >= 4 is 27.3 Å². The SMILES string of the molecule is COc1ccc(C(=O)N(Cc2ccc(Cl)cc2)[C@@H]2CCS(=O)(=O)C2)cc1. The third-order valence-corrected chi connectivity index (χ3v) is 6.52. The molecule has 0 saturated carbocycles. The molecule has 0 aliphatic carbocycles. The summed E-state index contributed by atoms with van der Waals surface area (Å²) >= 11 is 5.93. The molecule has 0 N–H and O–H groups in total. The van der Waals surface area contributed by atoms with Gasteiger partial charge in [0.1, 0.15) is 5.75 Å². The summed E-state index contributed by atoms with van der Waals surface area (Å²) in [5, 5.41) is 0.616. The smallest absolute Gasteiger partial charge is 0.254 e. The van der Waals surface area contributed by atoms with Crippen LogP contribution in [-0.2, 0) is 16.4 Å². The van der Waals surface area contributed by atoms with E-state index in [-0.39, 0.29) is 23.5 Å². The average Bonchev–Trinajstić information content (AvgIpc) is 3.00. The van der Waals surface area contributed by atoms with Gasteiger partial charge in [0.25, 0.3) is 5.91 Å². The van der Waals surface area contributed by atoms with Crippen molar-refractivity contribution in [2.45, 2.75) is 19.0 Å². The highest BCUT2D eigenvalue weighted by atomic mass is 35.5. The van der Waals surface area contributed by atoms with Crippen molar-refractivity contribution in [1.29, 1.82) is 0 Å². The average molecular weight is 394 g/mol. The Hall–Kier alpha value is -2.05. The molecular formula is C19H20ClNO4S. The number of sulfone groups is 1. The molecule has 5 nitrogen and oxygen atoms in total. The number of hydrogen-bond donors (Lipinski definition) is 0. The molecule has 0 spiro atoms. The molecule has 0 radical (unpaired) electrons. The van der Waals surface area contributed by atoms with E-state index in [1.807, 2.05) is 12.1 Å². The Bertz CT molecular complexity index is 879. The molecule has 1 aliphatic rings. The lowest BCUT2D eigenvalue weighted by Crippen LogP contribution is -2.40. The first kappa shape index (κ1) is 18.7. The molecular weight excluding hydrogens is 374 g/mol. The number of hydrogen-bond acceptors (Lipinski definition) is 4. The van der Waals surface area contributed by atoms with Crippen LogP contribution >= 0.6 is 11.6 Å². The zero-order chi connectivity index (χ0) is 18.7. The van der Waals surface area contributed by atoms with Gasteiger partial charge in [0.05, 0.1) is 18.6 Å². The van der Waals surface area contributed by atoms with E-state index in [0.717, 1.165) is 5.56 Å². The van der Waals surface area contributed by atoms with Gasteiger partial charge in [0, 0.05) is 23.2 Å². The Morgan fingerprint density at radius 1 is 1.15 bits per heavy atom. The Labute approximate surface area is 158 Å². The monoisotopic (exact) mass is 393 g/mol. The molecule has 1 fully saturated rings. The minimum Gasteiger partial charge on any atom is -0.497 e. The summed E-state index contributed by atoms with van der Waals surface area (Å²) in [6.07, 6.45) is 0.456. The van der Waals surface area contributed by atoms with Crippen molar-refractivity contribution in [2.75, 3.05) is 18.6 Å². The first-order chi connectivity index (χ1) is 12.4. The molecule has 26 heavy (non-hydrogen) atoms. The van der Waals surface area contributed by atoms with Crippen LogP contribution in [0.25, 0.3) is 0 Å². The number of amides is 1. The summed E-state index contributed by atoms with van der Waals surface area (Å²) in [6, 6.07) is 13.7. The summed E-state index contributed by atoms with van der Waals surface area (Å²) in [7, 11) is -1.54. The topological polar surface area (TPSA) is 63.7 Å². The predicted molar refractivity (Wildman–Crippen MR) is 101 cm³/mol. The predicted octanol–water partition coefficient (Wildman–Crippen LogP) is 3.18. The van der Waals surface area contributed by atoms with Crippen LogP contribution in [0.3, 0.4) is 0 Å². The normalized spacial score (nSPS) is 18.5. The fourth-order valence-electron chi connectivity index (χ4n) is 3.07. The highest BCUT2D eigenvalue weighted by molar-refractivity contribution is 7.91. The number of benzene rings is 2. The third-order valence-electron chi connectivity index (χ3n) is 4.51. The van der Waals surface area contributed by atoms with Crippen molar-refractivity contribution in [2.24, 2.45) is 0 Å². The molecule has 1 heterocycles. The zero-order valence-electron chi connectivity index (χ0n) is 14.4. The molecule has 0 bridgehead atoms. The number of carbonyl (C=O) groups excluding carboxylic acids is 1. The van der Waals surface area contributed by atoms with E-state index >= 15 is 0 Å². The van der Waals surface area contributed by atoms with Gasteiger partial charge in [-0.2, -0.15) is 0 Å². The van der Waals surface area contributed by atoms with Crippen LogP contribution in [0, 0.1) is 0 Å². The lowest BCUT2D eigenvalue weighted by Gasteiger charge is -2.28. The Balaban J connectivity index is 1.88. The molecule has 2 aromatic rings. The maximum atomic E-state index is 13.1. The number of nitrogens with zero attached hydrogens (tertiary/aromatic N) is 1. The fraction of sp³-hybridized carbons (Fsp3) is 0.316. The zero-order valence-corrected chi connectivity index (χ0v) is 16.0. The van der Waals surface area contributed by atoms with Crippen LogP contribution in [0.1, 0.15) is 22.3 Å². The highest BCUT2D eigenvalue weighted by Crippen LogP contribution is 2.23. The van der Waals surface area contributed by atoms with E-state index in [2.05, 4.69) is 0 Å². The second-order valence-corrected chi connectivity index (χ2v) is 9.01. The van der Waals surface area contributed by atoms with Crippen LogP contribution < -0.4 is 4.74 Å². The highest BCUT2D eigenvalue weighted by Gasteiger charge is 2.35. The van der Waals surface area contributed by atoms with Gasteiger partial charge in [0.15, 0.2) is 9.84 Å². The maximum Gasteiger partial charge on any atom is 0.254 e. The van der Waals surface area contributed by atoms with Crippen molar-refractivity contribution < 1.29 is 17.9 Å². The molecule has 1 amide bonds. The lowest BCUT2D eigenvalue weighted by atomic mass is 10.1. The van der Waals surface area contributed by atoms with Gasteiger partial charge in [-0.3, -0.25) is 4.79 Å². The van der Waals surface area contributed by atoms with Gasteiger partial charge in [-0.05, 0) is 48.4 Å². The van der Waals surface area contributed by atoms with Crippen LogP contribution in [0.5, 0.6) is 5.75 Å². The number of rotatable bonds is 5. The summed E-state index contributed by atoms with van der Waals surface area (Å²) in [5.41, 5.74) is 1.41. The summed E-state index contributed by atoms with van der Waals surface area (Å²) in [4.78, 5) is 14.7. The maximum absolute atomic E-state index is 13.1. The van der Waals surface area contributed by atoms with Crippen LogP contribution in [0.4, 0.5) is 0 Å². The second-order valence-electron chi connectivity index (χ2n) is 6.34. The standard InChI is InChI=1S/C19H20ClNO4S/c1-25-18-8-4-15(5-9-18)19(22)21(17-10-11-26(23,24)13-17)12-14-2-6-16(20)7-3-14/h2-9,17H,10-13H2,1H3/t17-/m1/s1. The molecule has 1 aliphatic heterocycles. The third kappa shape index (κ3) is 4.37. The van der Waals surface area contributed by atoms with Crippen LogP contribution in [0.15, 0.2) is 48.5 Å². The Kier molecular flexibility index (Phi) is 5.53. The minimum atomic E-state index is -3.10. The van der Waals surface area contributed by atoms with E-state index in [1.54, 1.807) is 48.4 Å². The van der Waals surface area contributed by atoms with E-state index in [4.69, 9.17) is 16.3 Å².